The van der Waals surface area contributed by atoms with Crippen molar-refractivity contribution in [3.63, 3.8) is 0 Å². The van der Waals surface area contributed by atoms with Gasteiger partial charge in [-0.2, -0.15) is 10.3 Å². The summed E-state index contributed by atoms with van der Waals surface area (Å²) in [6, 6.07) is 14.8. The van der Waals surface area contributed by atoms with Gasteiger partial charge in [-0.15, -0.1) is 0 Å². The fourth-order valence-corrected chi connectivity index (χ4v) is 3.76. The van der Waals surface area contributed by atoms with E-state index in [9.17, 15) is 14.9 Å². The molecule has 7 heteroatoms. The standard InChI is InChI=1S/C28H35N3O4/c1-7-11-20(3)26(30-19-29)31(18-25(32)34-8-2)22-16-14-21(15-17-22)23-12-9-10-13-24(23)27(33)35-28(4,5)6/h9-10,12-17,20H,7-8,11,18H2,1-6H3. The van der Waals surface area contributed by atoms with Gasteiger partial charge in [0.15, 0.2) is 0 Å². The van der Waals surface area contributed by atoms with E-state index in [1.165, 1.54) is 0 Å². The van der Waals surface area contributed by atoms with E-state index in [0.717, 1.165) is 24.0 Å². The Morgan fingerprint density at radius 3 is 2.31 bits per heavy atom. The Balaban J connectivity index is 2.47. The van der Waals surface area contributed by atoms with E-state index in [0.29, 0.717) is 17.1 Å². The molecule has 35 heavy (non-hydrogen) atoms. The number of carbonyl (C=O) groups is 2. The molecule has 7 nitrogen and oxygen atoms in total. The van der Waals surface area contributed by atoms with E-state index in [1.54, 1.807) is 24.0 Å². The Kier molecular flexibility index (Phi) is 10.0. The predicted molar refractivity (Wildman–Crippen MR) is 138 cm³/mol. The molecular weight excluding hydrogens is 442 g/mol. The Hall–Kier alpha value is -3.66. The molecule has 0 heterocycles. The molecule has 1 atom stereocenters. The van der Waals surface area contributed by atoms with Crippen molar-refractivity contribution in [1.82, 2.24) is 0 Å². The number of benzene rings is 2. The summed E-state index contributed by atoms with van der Waals surface area (Å²) >= 11 is 0. The molecule has 0 aromatic heterocycles. The van der Waals surface area contributed by atoms with Gasteiger partial charge in [-0.3, -0.25) is 4.79 Å². The zero-order chi connectivity index (χ0) is 26.0. The Labute approximate surface area is 208 Å². The van der Waals surface area contributed by atoms with Gasteiger partial charge in [-0.25, -0.2) is 4.79 Å². The number of rotatable bonds is 9. The lowest BCUT2D eigenvalue weighted by atomic mass is 9.98. The number of carbonyl (C=O) groups excluding carboxylic acids is 2. The number of hydrogen-bond donors (Lipinski definition) is 0. The number of nitrogens with zero attached hydrogens (tertiary/aromatic N) is 3. The first-order chi connectivity index (χ1) is 16.6. The average Bonchev–Trinajstić information content (AvgIpc) is 2.80. The Bertz CT molecular complexity index is 1080. The second-order valence-corrected chi connectivity index (χ2v) is 9.25. The highest BCUT2D eigenvalue weighted by Crippen LogP contribution is 2.29. The van der Waals surface area contributed by atoms with Gasteiger partial charge in [0, 0.05) is 11.6 Å². The highest BCUT2D eigenvalue weighted by Gasteiger charge is 2.24. The van der Waals surface area contributed by atoms with E-state index >= 15 is 0 Å². The first kappa shape index (κ1) is 27.6. The number of anilines is 1. The number of esters is 2. The summed E-state index contributed by atoms with van der Waals surface area (Å²) in [4.78, 5) is 31.0. The van der Waals surface area contributed by atoms with Crippen LogP contribution in [0.2, 0.25) is 0 Å². The number of nitriles is 1. The monoisotopic (exact) mass is 477 g/mol. The third kappa shape index (κ3) is 7.96. The van der Waals surface area contributed by atoms with Crippen molar-refractivity contribution >= 4 is 23.5 Å². The van der Waals surface area contributed by atoms with Crippen LogP contribution < -0.4 is 4.90 Å². The number of ether oxygens (including phenoxy) is 2. The Morgan fingerprint density at radius 1 is 1.09 bits per heavy atom. The predicted octanol–water partition coefficient (Wildman–Crippen LogP) is 5.99. The van der Waals surface area contributed by atoms with E-state index in [-0.39, 0.29) is 19.1 Å². The maximum absolute atomic E-state index is 12.8. The lowest BCUT2D eigenvalue weighted by Gasteiger charge is -2.28. The summed E-state index contributed by atoms with van der Waals surface area (Å²) < 4.78 is 10.7. The molecule has 0 bridgehead atoms. The minimum absolute atomic E-state index is 0.0263. The highest BCUT2D eigenvalue weighted by molar-refractivity contribution is 6.03. The molecule has 2 rings (SSSR count). The van der Waals surface area contributed by atoms with Crippen molar-refractivity contribution in [2.24, 2.45) is 10.9 Å². The van der Waals surface area contributed by atoms with Crippen LogP contribution in [0, 0.1) is 17.4 Å². The maximum Gasteiger partial charge on any atom is 0.339 e. The van der Waals surface area contributed by atoms with Crippen molar-refractivity contribution in [2.75, 3.05) is 18.1 Å². The molecule has 0 N–H and O–H groups in total. The summed E-state index contributed by atoms with van der Waals surface area (Å²) in [5.41, 5.74) is 2.14. The van der Waals surface area contributed by atoms with Gasteiger partial charge in [0.05, 0.1) is 12.2 Å². The molecule has 0 aliphatic rings. The summed E-state index contributed by atoms with van der Waals surface area (Å²) in [5, 5.41) is 9.32. The topological polar surface area (TPSA) is 92.0 Å². The zero-order valence-electron chi connectivity index (χ0n) is 21.5. The van der Waals surface area contributed by atoms with Crippen LogP contribution in [-0.4, -0.2) is 36.5 Å². The van der Waals surface area contributed by atoms with Crippen LogP contribution in [0.5, 0.6) is 0 Å². The smallest absolute Gasteiger partial charge is 0.339 e. The van der Waals surface area contributed by atoms with Gasteiger partial charge >= 0.3 is 11.9 Å². The van der Waals surface area contributed by atoms with Crippen molar-refractivity contribution in [2.45, 2.75) is 60.0 Å². The normalized spacial score (nSPS) is 12.4. The van der Waals surface area contributed by atoms with Gasteiger partial charge < -0.3 is 14.4 Å². The molecule has 0 aliphatic heterocycles. The molecule has 0 spiro atoms. The molecule has 186 valence electrons. The van der Waals surface area contributed by atoms with Gasteiger partial charge in [0.25, 0.3) is 0 Å². The summed E-state index contributed by atoms with van der Waals surface area (Å²) in [5.74, 6) is -0.301. The van der Waals surface area contributed by atoms with Crippen molar-refractivity contribution in [1.29, 1.82) is 5.26 Å². The number of hydrogen-bond acceptors (Lipinski definition) is 6. The molecule has 0 saturated carbocycles. The van der Waals surface area contributed by atoms with Crippen LogP contribution in [0.3, 0.4) is 0 Å². The van der Waals surface area contributed by atoms with Crippen LogP contribution in [0.4, 0.5) is 5.69 Å². The van der Waals surface area contributed by atoms with Crippen LogP contribution in [-0.2, 0) is 14.3 Å². The van der Waals surface area contributed by atoms with Crippen LogP contribution in [0.25, 0.3) is 11.1 Å². The quantitative estimate of drug-likeness (QED) is 0.190. The molecule has 0 fully saturated rings. The molecule has 0 saturated heterocycles. The summed E-state index contributed by atoms with van der Waals surface area (Å²) in [7, 11) is 0. The molecule has 2 aromatic carbocycles. The average molecular weight is 478 g/mol. The molecule has 0 amide bonds. The second-order valence-electron chi connectivity index (χ2n) is 9.25. The van der Waals surface area contributed by atoms with Gasteiger partial charge in [-0.1, -0.05) is 50.6 Å². The lowest BCUT2D eigenvalue weighted by Crippen LogP contribution is -2.40. The first-order valence-electron chi connectivity index (χ1n) is 11.9. The molecule has 2 aromatic rings. The number of aliphatic imine (C=N–C) groups is 1. The van der Waals surface area contributed by atoms with E-state index < -0.39 is 17.5 Å². The van der Waals surface area contributed by atoms with E-state index in [4.69, 9.17) is 9.47 Å². The largest absolute Gasteiger partial charge is 0.465 e. The third-order valence-corrected chi connectivity index (χ3v) is 5.23. The molecule has 0 aliphatic carbocycles. The molecule has 1 unspecified atom stereocenters. The summed E-state index contributed by atoms with van der Waals surface area (Å²) in [6.45, 7) is 11.5. The number of amidine groups is 1. The van der Waals surface area contributed by atoms with Crippen LogP contribution >= 0.6 is 0 Å². The van der Waals surface area contributed by atoms with Crippen LogP contribution in [0.1, 0.15) is 64.7 Å². The fraction of sp³-hybridized carbons (Fsp3) is 0.429. The van der Waals surface area contributed by atoms with Crippen LogP contribution in [0.15, 0.2) is 53.5 Å². The zero-order valence-corrected chi connectivity index (χ0v) is 21.5. The third-order valence-electron chi connectivity index (χ3n) is 5.23. The molecule has 0 radical (unpaired) electrons. The summed E-state index contributed by atoms with van der Waals surface area (Å²) in [6.07, 6.45) is 3.62. The fourth-order valence-electron chi connectivity index (χ4n) is 3.76. The lowest BCUT2D eigenvalue weighted by molar-refractivity contribution is -0.141. The van der Waals surface area contributed by atoms with Gasteiger partial charge in [0.2, 0.25) is 6.19 Å². The van der Waals surface area contributed by atoms with Crippen molar-refractivity contribution < 1.29 is 19.1 Å². The van der Waals surface area contributed by atoms with Gasteiger partial charge in [0.1, 0.15) is 18.0 Å². The Morgan fingerprint density at radius 2 is 1.74 bits per heavy atom. The molecular formula is C28H35N3O4. The highest BCUT2D eigenvalue weighted by atomic mass is 16.6. The van der Waals surface area contributed by atoms with E-state index in [2.05, 4.69) is 11.9 Å². The first-order valence-corrected chi connectivity index (χ1v) is 11.9. The maximum atomic E-state index is 12.8. The second kappa shape index (κ2) is 12.7. The van der Waals surface area contributed by atoms with Crippen molar-refractivity contribution in [3.8, 4) is 17.3 Å². The minimum Gasteiger partial charge on any atom is -0.465 e. The van der Waals surface area contributed by atoms with Gasteiger partial charge in [-0.05, 0) is 63.4 Å². The minimum atomic E-state index is -0.604. The SMILES string of the molecule is CCCC(C)C(=NC#N)N(CC(=O)OCC)c1ccc(-c2ccccc2C(=O)OC(C)(C)C)cc1. The van der Waals surface area contributed by atoms with E-state index in [1.807, 2.05) is 70.3 Å². The van der Waals surface area contributed by atoms with Crippen molar-refractivity contribution in [3.05, 3.63) is 54.1 Å².